The van der Waals surface area contributed by atoms with Crippen LogP contribution in [0.4, 0.5) is 0 Å². The molecule has 1 amide bonds. The smallest absolute Gasteiger partial charge is 0.224 e. The lowest BCUT2D eigenvalue weighted by atomic mass is 9.89. The normalized spacial score (nSPS) is 21.0. The topological polar surface area (TPSA) is 84.5 Å². The molecule has 0 bridgehead atoms. The number of carbonyl (C=O) groups is 3. The second-order valence-electron chi connectivity index (χ2n) is 10.1. The Morgan fingerprint density at radius 1 is 1.07 bits per heavy atom. The van der Waals surface area contributed by atoms with E-state index in [1.165, 1.54) is 0 Å². The third kappa shape index (κ3) is 7.18. The molecule has 6 nitrogen and oxygen atoms in total. The van der Waals surface area contributed by atoms with Crippen molar-refractivity contribution >= 4 is 17.5 Å². The molecule has 166 valence electrons. The number of methoxy groups -OCH3 is 1. The van der Waals surface area contributed by atoms with Crippen molar-refractivity contribution in [3.63, 3.8) is 0 Å². The number of Topliss-reactive ketones (excluding diaryl/α,β-unsaturated/α-hetero) is 2. The zero-order valence-electron chi connectivity index (χ0n) is 19.0. The van der Waals surface area contributed by atoms with E-state index in [1.807, 2.05) is 20.8 Å². The maximum absolute atomic E-state index is 13.1. The van der Waals surface area contributed by atoms with Crippen molar-refractivity contribution in [3.8, 4) is 0 Å². The van der Waals surface area contributed by atoms with Crippen LogP contribution in [0.15, 0.2) is 0 Å². The first-order valence-electron chi connectivity index (χ1n) is 11.2. The Labute approximate surface area is 175 Å². The van der Waals surface area contributed by atoms with Crippen molar-refractivity contribution in [3.05, 3.63) is 0 Å². The quantitative estimate of drug-likeness (QED) is 0.462. The SMILES string of the molecule is COC[C@H](NC(C)C)C(=O)C[C@H](C(=O)N[C@@H](CC(C)C)C(=O)C1(C)CC1)C1CC1. The van der Waals surface area contributed by atoms with Crippen LogP contribution in [0.3, 0.4) is 0 Å². The molecule has 2 N–H and O–H groups in total. The van der Waals surface area contributed by atoms with Crippen LogP contribution in [-0.2, 0) is 19.1 Å². The number of hydrogen-bond donors (Lipinski definition) is 2. The predicted octanol–water partition coefficient (Wildman–Crippen LogP) is 2.88. The van der Waals surface area contributed by atoms with Crippen LogP contribution in [0.2, 0.25) is 0 Å². The van der Waals surface area contributed by atoms with Gasteiger partial charge in [-0.25, -0.2) is 0 Å². The molecule has 0 spiro atoms. The van der Waals surface area contributed by atoms with E-state index in [9.17, 15) is 14.4 Å². The lowest BCUT2D eigenvalue weighted by molar-refractivity contribution is -0.135. The summed E-state index contributed by atoms with van der Waals surface area (Å²) >= 11 is 0. The molecule has 2 saturated carbocycles. The summed E-state index contributed by atoms with van der Waals surface area (Å²) in [5.74, 6) is 0.226. The first-order chi connectivity index (χ1) is 13.6. The van der Waals surface area contributed by atoms with Gasteiger partial charge in [-0.2, -0.15) is 0 Å². The standard InChI is InChI=1S/C23H40N2O4/c1-14(2)11-18(21(27)23(5)9-10-23)25-22(28)17(16-7-8-16)12-20(26)19(13-29-6)24-15(3)4/h14-19,24H,7-13H2,1-6H3,(H,25,28)/t17-,18-,19-/m0/s1. The van der Waals surface area contributed by atoms with Crippen LogP contribution < -0.4 is 10.6 Å². The molecular weight excluding hydrogens is 368 g/mol. The van der Waals surface area contributed by atoms with Crippen molar-refractivity contribution < 1.29 is 19.1 Å². The van der Waals surface area contributed by atoms with Gasteiger partial charge in [0, 0.05) is 30.9 Å². The summed E-state index contributed by atoms with van der Waals surface area (Å²) in [4.78, 5) is 39.0. The fraction of sp³-hybridized carbons (Fsp3) is 0.870. The van der Waals surface area contributed by atoms with E-state index in [-0.39, 0.29) is 47.2 Å². The Kier molecular flexibility index (Phi) is 8.41. The average Bonchev–Trinajstić information content (AvgIpc) is 3.54. The van der Waals surface area contributed by atoms with Gasteiger partial charge in [-0.3, -0.25) is 14.4 Å². The molecular formula is C23H40N2O4. The molecule has 2 aliphatic carbocycles. The molecule has 0 heterocycles. The highest BCUT2D eigenvalue weighted by Gasteiger charge is 2.48. The summed E-state index contributed by atoms with van der Waals surface area (Å²) < 4.78 is 5.20. The summed E-state index contributed by atoms with van der Waals surface area (Å²) in [6, 6.07) is -0.706. The second-order valence-corrected chi connectivity index (χ2v) is 10.1. The maximum Gasteiger partial charge on any atom is 0.224 e. The summed E-state index contributed by atoms with van der Waals surface area (Å²) in [5, 5.41) is 6.28. The fourth-order valence-corrected chi connectivity index (χ4v) is 3.97. The molecule has 2 rings (SSSR count). The number of ketones is 2. The maximum atomic E-state index is 13.1. The third-order valence-electron chi connectivity index (χ3n) is 6.14. The first-order valence-corrected chi connectivity index (χ1v) is 11.2. The largest absolute Gasteiger partial charge is 0.383 e. The highest BCUT2D eigenvalue weighted by atomic mass is 16.5. The predicted molar refractivity (Wildman–Crippen MR) is 114 cm³/mol. The van der Waals surface area contributed by atoms with E-state index in [4.69, 9.17) is 4.74 Å². The van der Waals surface area contributed by atoms with Crippen LogP contribution in [0.25, 0.3) is 0 Å². The minimum absolute atomic E-state index is 0.00786. The summed E-state index contributed by atoms with van der Waals surface area (Å²) in [6.07, 6.45) is 4.59. The van der Waals surface area contributed by atoms with Gasteiger partial charge >= 0.3 is 0 Å². The van der Waals surface area contributed by atoms with Crippen LogP contribution in [-0.4, -0.2) is 49.3 Å². The Bertz CT molecular complexity index is 594. The highest BCUT2D eigenvalue weighted by Crippen LogP contribution is 2.47. The van der Waals surface area contributed by atoms with E-state index in [2.05, 4.69) is 24.5 Å². The fourth-order valence-electron chi connectivity index (χ4n) is 3.97. The van der Waals surface area contributed by atoms with Crippen molar-refractivity contribution in [2.75, 3.05) is 13.7 Å². The Morgan fingerprint density at radius 3 is 2.14 bits per heavy atom. The van der Waals surface area contributed by atoms with Gasteiger partial charge in [0.05, 0.1) is 18.7 Å². The van der Waals surface area contributed by atoms with Gasteiger partial charge in [-0.1, -0.05) is 34.6 Å². The van der Waals surface area contributed by atoms with Gasteiger partial charge in [0.25, 0.3) is 0 Å². The van der Waals surface area contributed by atoms with E-state index in [1.54, 1.807) is 7.11 Å². The first kappa shape index (κ1) is 24.0. The molecule has 0 aliphatic heterocycles. The molecule has 0 unspecified atom stereocenters. The zero-order valence-corrected chi connectivity index (χ0v) is 19.0. The van der Waals surface area contributed by atoms with Crippen LogP contribution >= 0.6 is 0 Å². The van der Waals surface area contributed by atoms with Crippen molar-refractivity contribution in [2.24, 2.45) is 23.2 Å². The van der Waals surface area contributed by atoms with E-state index in [0.29, 0.717) is 18.9 Å². The number of ether oxygens (including phenoxy) is 1. The molecule has 3 atom stereocenters. The van der Waals surface area contributed by atoms with Crippen LogP contribution in [0, 0.1) is 23.2 Å². The molecule has 0 aromatic rings. The van der Waals surface area contributed by atoms with Gasteiger partial charge < -0.3 is 15.4 Å². The van der Waals surface area contributed by atoms with E-state index in [0.717, 1.165) is 25.7 Å². The molecule has 0 aromatic carbocycles. The van der Waals surface area contributed by atoms with Crippen molar-refractivity contribution in [1.82, 2.24) is 10.6 Å². The summed E-state index contributed by atoms with van der Waals surface area (Å²) in [6.45, 7) is 10.4. The van der Waals surface area contributed by atoms with E-state index >= 15 is 0 Å². The van der Waals surface area contributed by atoms with Crippen LogP contribution in [0.1, 0.15) is 73.1 Å². The van der Waals surface area contributed by atoms with Gasteiger partial charge in [-0.15, -0.1) is 0 Å². The lowest BCUT2D eigenvalue weighted by Crippen LogP contribution is -2.49. The highest BCUT2D eigenvalue weighted by molar-refractivity contribution is 5.96. The minimum Gasteiger partial charge on any atom is -0.383 e. The average molecular weight is 409 g/mol. The monoisotopic (exact) mass is 408 g/mol. The van der Waals surface area contributed by atoms with Gasteiger partial charge in [0.1, 0.15) is 0 Å². The van der Waals surface area contributed by atoms with Gasteiger partial charge in [0.2, 0.25) is 5.91 Å². The van der Waals surface area contributed by atoms with Crippen molar-refractivity contribution in [2.45, 2.75) is 91.3 Å². The summed E-state index contributed by atoms with van der Waals surface area (Å²) in [7, 11) is 1.58. The molecule has 6 heteroatoms. The second kappa shape index (κ2) is 10.2. The Balaban J connectivity index is 2.05. The van der Waals surface area contributed by atoms with Gasteiger partial charge in [-0.05, 0) is 43.9 Å². The minimum atomic E-state index is -0.449. The zero-order chi connectivity index (χ0) is 21.8. The molecule has 29 heavy (non-hydrogen) atoms. The third-order valence-corrected chi connectivity index (χ3v) is 6.14. The number of amides is 1. The molecule has 2 fully saturated rings. The summed E-state index contributed by atoms with van der Waals surface area (Å²) in [5.41, 5.74) is -0.275. The van der Waals surface area contributed by atoms with Crippen molar-refractivity contribution in [1.29, 1.82) is 0 Å². The lowest BCUT2D eigenvalue weighted by Gasteiger charge is -2.26. The molecule has 0 saturated heterocycles. The molecule has 0 aromatic heterocycles. The molecule has 0 radical (unpaired) electrons. The van der Waals surface area contributed by atoms with E-state index < -0.39 is 12.1 Å². The number of rotatable bonds is 14. The Morgan fingerprint density at radius 2 is 1.69 bits per heavy atom. The number of carbonyl (C=O) groups excluding carboxylic acids is 3. The molecule has 2 aliphatic rings. The van der Waals surface area contributed by atoms with Gasteiger partial charge in [0.15, 0.2) is 11.6 Å². The van der Waals surface area contributed by atoms with Crippen LogP contribution in [0.5, 0.6) is 0 Å². The Hall–Kier alpha value is -1.27. The number of nitrogens with one attached hydrogen (secondary N) is 2. The number of hydrogen-bond acceptors (Lipinski definition) is 5.